The molecule has 0 heterocycles. The standard InChI is InChI=1S/C14H9BrClN3O4/c15-11-4-2-1-3-10(11)14(21)18-17-7-8-5-9(16)6-12(13(8)20)19(22)23/h1-7,20H,(H,18,21)/b17-7+. The van der Waals surface area contributed by atoms with Crippen LogP contribution in [0.1, 0.15) is 15.9 Å². The van der Waals surface area contributed by atoms with Crippen LogP contribution in [0, 0.1) is 10.1 Å². The van der Waals surface area contributed by atoms with Gasteiger partial charge in [0.15, 0.2) is 0 Å². The fourth-order valence-electron chi connectivity index (χ4n) is 1.71. The summed E-state index contributed by atoms with van der Waals surface area (Å²) in [7, 11) is 0. The van der Waals surface area contributed by atoms with Crippen LogP contribution in [0.15, 0.2) is 46.0 Å². The summed E-state index contributed by atoms with van der Waals surface area (Å²) in [6.45, 7) is 0. The molecule has 2 rings (SSSR count). The number of nitro benzene ring substituents is 1. The average Bonchev–Trinajstić information content (AvgIpc) is 2.50. The van der Waals surface area contributed by atoms with E-state index in [1.165, 1.54) is 6.07 Å². The molecule has 0 aromatic heterocycles. The van der Waals surface area contributed by atoms with Crippen molar-refractivity contribution in [2.24, 2.45) is 5.10 Å². The van der Waals surface area contributed by atoms with Crippen molar-refractivity contribution in [1.82, 2.24) is 5.43 Å². The molecule has 0 unspecified atom stereocenters. The van der Waals surface area contributed by atoms with Crippen LogP contribution in [0.25, 0.3) is 0 Å². The lowest BCUT2D eigenvalue weighted by Crippen LogP contribution is -2.18. The maximum Gasteiger partial charge on any atom is 0.312 e. The molecule has 2 aromatic carbocycles. The Morgan fingerprint density at radius 2 is 2.09 bits per heavy atom. The summed E-state index contributed by atoms with van der Waals surface area (Å²) in [5.41, 5.74) is 2.09. The Labute approximate surface area is 143 Å². The van der Waals surface area contributed by atoms with Gasteiger partial charge in [-0.05, 0) is 34.1 Å². The summed E-state index contributed by atoms with van der Waals surface area (Å²) in [6, 6.07) is 9.05. The van der Waals surface area contributed by atoms with Crippen molar-refractivity contribution in [2.75, 3.05) is 0 Å². The fourth-order valence-corrected chi connectivity index (χ4v) is 2.39. The monoisotopic (exact) mass is 397 g/mol. The SMILES string of the molecule is O=C(N/N=C/c1cc(Cl)cc([N+](=O)[O-])c1O)c1ccccc1Br. The highest BCUT2D eigenvalue weighted by Crippen LogP contribution is 2.32. The van der Waals surface area contributed by atoms with Crippen LogP contribution in [-0.2, 0) is 0 Å². The number of carbonyl (C=O) groups excluding carboxylic acids is 1. The number of amides is 1. The molecule has 1 amide bonds. The van der Waals surface area contributed by atoms with E-state index in [0.717, 1.165) is 12.3 Å². The van der Waals surface area contributed by atoms with Gasteiger partial charge in [-0.25, -0.2) is 5.43 Å². The van der Waals surface area contributed by atoms with Gasteiger partial charge in [-0.3, -0.25) is 14.9 Å². The zero-order valence-corrected chi connectivity index (χ0v) is 13.7. The summed E-state index contributed by atoms with van der Waals surface area (Å²) in [4.78, 5) is 22.0. The zero-order valence-electron chi connectivity index (χ0n) is 11.4. The highest BCUT2D eigenvalue weighted by molar-refractivity contribution is 9.10. The molecule has 0 radical (unpaired) electrons. The Balaban J connectivity index is 2.20. The van der Waals surface area contributed by atoms with E-state index in [9.17, 15) is 20.0 Å². The number of benzene rings is 2. The summed E-state index contributed by atoms with van der Waals surface area (Å²) >= 11 is 8.99. The number of phenols is 1. The number of carbonyl (C=O) groups is 1. The molecular weight excluding hydrogens is 390 g/mol. The number of hydrogen-bond donors (Lipinski definition) is 2. The van der Waals surface area contributed by atoms with Crippen LogP contribution in [-0.4, -0.2) is 22.2 Å². The van der Waals surface area contributed by atoms with Gasteiger partial charge in [0.1, 0.15) is 0 Å². The molecule has 2 N–H and O–H groups in total. The van der Waals surface area contributed by atoms with Gasteiger partial charge in [-0.2, -0.15) is 5.10 Å². The van der Waals surface area contributed by atoms with Crippen molar-refractivity contribution in [3.63, 3.8) is 0 Å². The van der Waals surface area contributed by atoms with Crippen molar-refractivity contribution in [2.45, 2.75) is 0 Å². The van der Waals surface area contributed by atoms with E-state index in [2.05, 4.69) is 26.5 Å². The lowest BCUT2D eigenvalue weighted by Gasteiger charge is -2.03. The third-order valence-corrected chi connectivity index (χ3v) is 3.68. The van der Waals surface area contributed by atoms with E-state index in [0.29, 0.717) is 10.0 Å². The first-order valence-corrected chi connectivity index (χ1v) is 7.32. The fraction of sp³-hybridized carbons (Fsp3) is 0. The van der Waals surface area contributed by atoms with E-state index in [1.54, 1.807) is 24.3 Å². The van der Waals surface area contributed by atoms with E-state index in [4.69, 9.17) is 11.6 Å². The smallest absolute Gasteiger partial charge is 0.312 e. The predicted molar refractivity (Wildman–Crippen MR) is 89.0 cm³/mol. The van der Waals surface area contributed by atoms with E-state index in [-0.39, 0.29) is 10.6 Å². The molecule has 0 fully saturated rings. The topological polar surface area (TPSA) is 105 Å². The lowest BCUT2D eigenvalue weighted by molar-refractivity contribution is -0.385. The van der Waals surface area contributed by atoms with E-state index in [1.807, 2.05) is 0 Å². The second kappa shape index (κ2) is 7.21. The molecular formula is C14H9BrClN3O4. The lowest BCUT2D eigenvalue weighted by atomic mass is 10.2. The van der Waals surface area contributed by atoms with Gasteiger partial charge >= 0.3 is 5.69 Å². The molecule has 0 atom stereocenters. The van der Waals surface area contributed by atoms with Gasteiger partial charge in [0.2, 0.25) is 5.75 Å². The molecule has 0 spiro atoms. The number of hydrazone groups is 1. The van der Waals surface area contributed by atoms with Gasteiger partial charge in [0.05, 0.1) is 16.7 Å². The summed E-state index contributed by atoms with van der Waals surface area (Å²) in [5, 5.41) is 24.3. The molecule has 0 bridgehead atoms. The van der Waals surface area contributed by atoms with Crippen molar-refractivity contribution < 1.29 is 14.8 Å². The number of nitrogens with zero attached hydrogens (tertiary/aromatic N) is 2. The van der Waals surface area contributed by atoms with Crippen molar-refractivity contribution in [3.8, 4) is 5.75 Å². The predicted octanol–water partition coefficient (Wildman–Crippen LogP) is 3.48. The number of rotatable bonds is 4. The van der Waals surface area contributed by atoms with Gasteiger partial charge in [0, 0.05) is 21.1 Å². The summed E-state index contributed by atoms with van der Waals surface area (Å²) in [5.74, 6) is -1.07. The van der Waals surface area contributed by atoms with Gasteiger partial charge in [-0.1, -0.05) is 23.7 Å². The minimum atomic E-state index is -0.766. The largest absolute Gasteiger partial charge is 0.502 e. The minimum absolute atomic E-state index is 0.0108. The van der Waals surface area contributed by atoms with Gasteiger partial charge in [0.25, 0.3) is 5.91 Å². The van der Waals surface area contributed by atoms with Crippen molar-refractivity contribution in [1.29, 1.82) is 0 Å². The molecule has 0 aliphatic rings. The van der Waals surface area contributed by atoms with Crippen LogP contribution in [0.2, 0.25) is 5.02 Å². The maximum absolute atomic E-state index is 11.9. The average molecular weight is 399 g/mol. The number of phenolic OH excluding ortho intramolecular Hbond substituents is 1. The maximum atomic E-state index is 11.9. The minimum Gasteiger partial charge on any atom is -0.502 e. The number of halogens is 2. The first kappa shape index (κ1) is 16.9. The summed E-state index contributed by atoms with van der Waals surface area (Å²) in [6.07, 6.45) is 1.07. The molecule has 118 valence electrons. The molecule has 2 aromatic rings. The number of nitrogens with one attached hydrogen (secondary N) is 1. The Morgan fingerprint density at radius 3 is 2.74 bits per heavy atom. The molecule has 0 saturated carbocycles. The van der Waals surface area contributed by atoms with E-state index < -0.39 is 22.3 Å². The number of hydrogen-bond acceptors (Lipinski definition) is 5. The second-order valence-corrected chi connectivity index (χ2v) is 5.59. The third kappa shape index (κ3) is 4.05. The number of aromatic hydroxyl groups is 1. The molecule has 23 heavy (non-hydrogen) atoms. The quantitative estimate of drug-likeness (QED) is 0.467. The Kier molecular flexibility index (Phi) is 5.30. The first-order valence-electron chi connectivity index (χ1n) is 6.15. The van der Waals surface area contributed by atoms with Gasteiger partial charge in [-0.15, -0.1) is 0 Å². The molecule has 0 aliphatic heterocycles. The molecule has 9 heteroatoms. The highest BCUT2D eigenvalue weighted by atomic mass is 79.9. The molecule has 0 saturated heterocycles. The van der Waals surface area contributed by atoms with Crippen LogP contribution < -0.4 is 5.43 Å². The first-order chi connectivity index (χ1) is 10.9. The summed E-state index contributed by atoms with van der Waals surface area (Å²) < 4.78 is 0.592. The van der Waals surface area contributed by atoms with Crippen LogP contribution in [0.3, 0.4) is 0 Å². The molecule has 0 aliphatic carbocycles. The Bertz CT molecular complexity index is 811. The van der Waals surface area contributed by atoms with E-state index >= 15 is 0 Å². The van der Waals surface area contributed by atoms with Crippen LogP contribution in [0.4, 0.5) is 5.69 Å². The second-order valence-electron chi connectivity index (χ2n) is 4.30. The van der Waals surface area contributed by atoms with Crippen molar-refractivity contribution in [3.05, 3.63) is 67.1 Å². The molecule has 7 nitrogen and oxygen atoms in total. The third-order valence-electron chi connectivity index (χ3n) is 2.77. The van der Waals surface area contributed by atoms with Gasteiger partial charge < -0.3 is 5.11 Å². The zero-order chi connectivity index (χ0) is 17.0. The Hall–Kier alpha value is -2.45. The van der Waals surface area contributed by atoms with Crippen molar-refractivity contribution >= 4 is 45.3 Å². The Morgan fingerprint density at radius 1 is 1.39 bits per heavy atom. The van der Waals surface area contributed by atoms with Crippen LogP contribution >= 0.6 is 27.5 Å². The number of nitro groups is 1. The normalized spacial score (nSPS) is 10.7. The van der Waals surface area contributed by atoms with Crippen LogP contribution in [0.5, 0.6) is 5.75 Å². The highest BCUT2D eigenvalue weighted by Gasteiger charge is 2.17.